The van der Waals surface area contributed by atoms with Crippen LogP contribution in [0, 0.1) is 12.8 Å². The molecule has 2 rings (SSSR count). The van der Waals surface area contributed by atoms with Crippen molar-refractivity contribution in [2.75, 3.05) is 19.6 Å². The molecule has 0 aliphatic carbocycles. The normalized spacial score (nSPS) is 20.5. The Morgan fingerprint density at radius 3 is 2.80 bits per heavy atom. The fraction of sp³-hybridized carbons (Fsp3) is 0.667. The lowest BCUT2D eigenvalue weighted by molar-refractivity contribution is 0.136. The molecule has 20 heavy (non-hydrogen) atoms. The number of piperidine rings is 1. The van der Waals surface area contributed by atoms with Crippen molar-refractivity contribution in [2.45, 2.75) is 52.6 Å². The van der Waals surface area contributed by atoms with Gasteiger partial charge in [0.1, 0.15) is 0 Å². The SMILES string of the molecule is Cc1ccccc1CN1CCCCC1CNCC(C)C. The summed E-state index contributed by atoms with van der Waals surface area (Å²) in [6, 6.07) is 9.52. The van der Waals surface area contributed by atoms with Gasteiger partial charge in [0.2, 0.25) is 0 Å². The van der Waals surface area contributed by atoms with Crippen LogP contribution in [0.3, 0.4) is 0 Å². The van der Waals surface area contributed by atoms with Crippen molar-refractivity contribution < 1.29 is 0 Å². The minimum atomic E-state index is 0.710. The first-order valence-corrected chi connectivity index (χ1v) is 8.16. The average Bonchev–Trinajstić information content (AvgIpc) is 2.43. The first-order valence-electron chi connectivity index (χ1n) is 8.16. The molecule has 0 radical (unpaired) electrons. The fourth-order valence-corrected chi connectivity index (χ4v) is 3.04. The summed E-state index contributed by atoms with van der Waals surface area (Å²) in [6.07, 6.45) is 4.09. The van der Waals surface area contributed by atoms with Crippen molar-refractivity contribution in [3.63, 3.8) is 0 Å². The Bertz CT molecular complexity index is 400. The molecule has 0 saturated carbocycles. The molecule has 1 unspecified atom stereocenters. The zero-order valence-electron chi connectivity index (χ0n) is 13.4. The van der Waals surface area contributed by atoms with Crippen LogP contribution in [0.5, 0.6) is 0 Å². The van der Waals surface area contributed by atoms with Crippen molar-refractivity contribution in [3.05, 3.63) is 35.4 Å². The molecule has 1 aromatic rings. The molecule has 1 heterocycles. The van der Waals surface area contributed by atoms with E-state index in [0.717, 1.165) is 25.6 Å². The van der Waals surface area contributed by atoms with Crippen molar-refractivity contribution in [3.8, 4) is 0 Å². The zero-order chi connectivity index (χ0) is 14.4. The van der Waals surface area contributed by atoms with Crippen molar-refractivity contribution in [1.29, 1.82) is 0 Å². The Labute approximate surface area is 124 Å². The van der Waals surface area contributed by atoms with Crippen LogP contribution in [-0.4, -0.2) is 30.6 Å². The van der Waals surface area contributed by atoms with Crippen molar-refractivity contribution in [1.82, 2.24) is 10.2 Å². The molecule has 1 N–H and O–H groups in total. The predicted octanol–water partition coefficient (Wildman–Crippen LogP) is 3.60. The molecule has 1 saturated heterocycles. The van der Waals surface area contributed by atoms with Crippen LogP contribution in [0.4, 0.5) is 0 Å². The molecule has 1 aliphatic rings. The summed E-state index contributed by atoms with van der Waals surface area (Å²) in [4.78, 5) is 2.68. The standard InChI is InChI=1S/C18H30N2/c1-15(2)12-19-13-18-10-6-7-11-20(18)14-17-9-5-4-8-16(17)3/h4-5,8-9,15,18-19H,6-7,10-14H2,1-3H3. The molecular weight excluding hydrogens is 244 g/mol. The second-order valence-corrected chi connectivity index (χ2v) is 6.60. The number of likely N-dealkylation sites (tertiary alicyclic amines) is 1. The van der Waals surface area contributed by atoms with E-state index < -0.39 is 0 Å². The summed E-state index contributed by atoms with van der Waals surface area (Å²) in [5, 5.41) is 3.64. The summed E-state index contributed by atoms with van der Waals surface area (Å²) < 4.78 is 0. The Hall–Kier alpha value is -0.860. The van der Waals surface area contributed by atoms with Gasteiger partial charge in [0.05, 0.1) is 0 Å². The molecule has 2 heteroatoms. The quantitative estimate of drug-likeness (QED) is 0.853. The van der Waals surface area contributed by atoms with Crippen LogP contribution < -0.4 is 5.32 Å². The highest BCUT2D eigenvalue weighted by molar-refractivity contribution is 5.25. The van der Waals surface area contributed by atoms with Crippen LogP contribution in [0.25, 0.3) is 0 Å². The van der Waals surface area contributed by atoms with E-state index in [-0.39, 0.29) is 0 Å². The van der Waals surface area contributed by atoms with Crippen LogP contribution in [0.2, 0.25) is 0 Å². The largest absolute Gasteiger partial charge is 0.315 e. The smallest absolute Gasteiger partial charge is 0.0239 e. The number of hydrogen-bond donors (Lipinski definition) is 1. The van der Waals surface area contributed by atoms with E-state index in [9.17, 15) is 0 Å². The Kier molecular flexibility index (Phi) is 6.06. The van der Waals surface area contributed by atoms with E-state index in [4.69, 9.17) is 0 Å². The Balaban J connectivity index is 1.91. The number of nitrogens with zero attached hydrogens (tertiary/aromatic N) is 1. The predicted molar refractivity (Wildman–Crippen MR) is 86.9 cm³/mol. The van der Waals surface area contributed by atoms with Gasteiger partial charge in [-0.15, -0.1) is 0 Å². The maximum atomic E-state index is 3.64. The highest BCUT2D eigenvalue weighted by Gasteiger charge is 2.22. The van der Waals surface area contributed by atoms with E-state index >= 15 is 0 Å². The molecule has 0 aromatic heterocycles. The second kappa shape index (κ2) is 7.80. The third kappa shape index (κ3) is 4.60. The second-order valence-electron chi connectivity index (χ2n) is 6.60. The minimum absolute atomic E-state index is 0.710. The third-order valence-corrected chi connectivity index (χ3v) is 4.32. The fourth-order valence-electron chi connectivity index (χ4n) is 3.04. The summed E-state index contributed by atoms with van der Waals surface area (Å²) in [5.74, 6) is 0.739. The first kappa shape index (κ1) is 15.5. The van der Waals surface area contributed by atoms with Gasteiger partial charge >= 0.3 is 0 Å². The van der Waals surface area contributed by atoms with Crippen LogP contribution in [-0.2, 0) is 6.54 Å². The Morgan fingerprint density at radius 1 is 1.25 bits per heavy atom. The van der Waals surface area contributed by atoms with Gasteiger partial charge in [0.15, 0.2) is 0 Å². The summed E-state index contributed by atoms with van der Waals surface area (Å²) in [7, 11) is 0. The van der Waals surface area contributed by atoms with E-state index in [1.807, 2.05) is 0 Å². The molecule has 1 fully saturated rings. The van der Waals surface area contributed by atoms with Crippen molar-refractivity contribution >= 4 is 0 Å². The molecular formula is C18H30N2. The number of aryl methyl sites for hydroxylation is 1. The maximum Gasteiger partial charge on any atom is 0.0239 e. The topological polar surface area (TPSA) is 15.3 Å². The van der Waals surface area contributed by atoms with Gasteiger partial charge < -0.3 is 5.32 Å². The van der Waals surface area contributed by atoms with Gasteiger partial charge in [-0.05, 0) is 49.9 Å². The Morgan fingerprint density at radius 2 is 2.05 bits per heavy atom. The number of nitrogens with one attached hydrogen (secondary N) is 1. The lowest BCUT2D eigenvalue weighted by Gasteiger charge is -2.36. The highest BCUT2D eigenvalue weighted by atomic mass is 15.2. The van der Waals surface area contributed by atoms with Crippen LogP contribution in [0.15, 0.2) is 24.3 Å². The summed E-state index contributed by atoms with van der Waals surface area (Å²) in [5.41, 5.74) is 2.91. The molecule has 1 aliphatic heterocycles. The van der Waals surface area contributed by atoms with Gasteiger partial charge in [0.25, 0.3) is 0 Å². The molecule has 1 aromatic carbocycles. The van der Waals surface area contributed by atoms with Gasteiger partial charge in [-0.2, -0.15) is 0 Å². The van der Waals surface area contributed by atoms with Gasteiger partial charge in [-0.3, -0.25) is 4.90 Å². The third-order valence-electron chi connectivity index (χ3n) is 4.32. The lowest BCUT2D eigenvalue weighted by Crippen LogP contribution is -2.45. The monoisotopic (exact) mass is 274 g/mol. The first-order chi connectivity index (χ1) is 9.66. The average molecular weight is 274 g/mol. The molecule has 2 nitrogen and oxygen atoms in total. The maximum absolute atomic E-state index is 3.64. The minimum Gasteiger partial charge on any atom is -0.315 e. The zero-order valence-corrected chi connectivity index (χ0v) is 13.4. The van der Waals surface area contributed by atoms with Crippen molar-refractivity contribution in [2.24, 2.45) is 5.92 Å². The van der Waals surface area contributed by atoms with Crippen LogP contribution in [0.1, 0.15) is 44.2 Å². The number of rotatable bonds is 6. The number of hydrogen-bond acceptors (Lipinski definition) is 2. The van der Waals surface area contributed by atoms with Gasteiger partial charge in [-0.1, -0.05) is 44.5 Å². The molecule has 1 atom stereocenters. The summed E-state index contributed by atoms with van der Waals surface area (Å²) >= 11 is 0. The molecule has 0 bridgehead atoms. The van der Waals surface area contributed by atoms with E-state index in [0.29, 0.717) is 6.04 Å². The molecule has 0 spiro atoms. The number of benzene rings is 1. The molecule has 112 valence electrons. The van der Waals surface area contributed by atoms with Gasteiger partial charge in [0, 0.05) is 19.1 Å². The van der Waals surface area contributed by atoms with E-state index in [1.165, 1.54) is 36.9 Å². The van der Waals surface area contributed by atoms with Crippen LogP contribution >= 0.6 is 0 Å². The summed E-state index contributed by atoms with van der Waals surface area (Å²) in [6.45, 7) is 11.4. The molecule has 0 amide bonds. The van der Waals surface area contributed by atoms with Gasteiger partial charge in [-0.25, -0.2) is 0 Å². The van der Waals surface area contributed by atoms with E-state index in [2.05, 4.69) is 55.3 Å². The lowest BCUT2D eigenvalue weighted by atomic mass is 9.99. The highest BCUT2D eigenvalue weighted by Crippen LogP contribution is 2.20. The van der Waals surface area contributed by atoms with E-state index in [1.54, 1.807) is 0 Å².